The van der Waals surface area contributed by atoms with Gasteiger partial charge in [0.15, 0.2) is 5.96 Å². The molecule has 0 heterocycles. The summed E-state index contributed by atoms with van der Waals surface area (Å²) in [5.74, 6) is -0.333. The molecule has 0 saturated carbocycles. The van der Waals surface area contributed by atoms with Crippen LogP contribution in [0, 0.1) is 5.41 Å². The number of nitrogens with two attached hydrogens (primary N) is 3. The zero-order valence-electron chi connectivity index (χ0n) is 5.85. The third-order valence-electron chi connectivity index (χ3n) is 0.558. The monoisotopic (exact) mass is 132 g/mol. The molecular weight excluding hydrogens is 116 g/mol. The van der Waals surface area contributed by atoms with E-state index in [0.717, 1.165) is 6.54 Å². The summed E-state index contributed by atoms with van der Waals surface area (Å²) in [5.41, 5.74) is 14.1. The van der Waals surface area contributed by atoms with Crippen LogP contribution in [0.1, 0.15) is 19.8 Å². The van der Waals surface area contributed by atoms with E-state index < -0.39 is 0 Å². The normalized spacial score (nSPS) is 7.33. The van der Waals surface area contributed by atoms with Crippen molar-refractivity contribution in [2.75, 3.05) is 6.54 Å². The summed E-state index contributed by atoms with van der Waals surface area (Å²) in [6, 6.07) is 0. The molecule has 0 aromatic rings. The van der Waals surface area contributed by atoms with Gasteiger partial charge in [0.2, 0.25) is 0 Å². The molecule has 0 aliphatic heterocycles. The molecule has 7 N–H and O–H groups in total. The average Bonchev–Trinajstić information content (AvgIpc) is 1.66. The lowest BCUT2D eigenvalue weighted by atomic mass is 10.3. The molecule has 0 fully saturated rings. The molecule has 0 atom stereocenters. The molecule has 0 aliphatic carbocycles. The lowest BCUT2D eigenvalue weighted by molar-refractivity contribution is 0.807. The van der Waals surface area contributed by atoms with Crippen LogP contribution < -0.4 is 17.2 Å². The largest absolute Gasteiger partial charge is 0.370 e. The summed E-state index contributed by atoms with van der Waals surface area (Å²) in [6.07, 6.45) is 2.39. The minimum Gasteiger partial charge on any atom is -0.370 e. The summed E-state index contributed by atoms with van der Waals surface area (Å²) >= 11 is 0. The first kappa shape index (κ1) is 11.1. The van der Waals surface area contributed by atoms with Crippen LogP contribution in [0.3, 0.4) is 0 Å². The van der Waals surface area contributed by atoms with Gasteiger partial charge >= 0.3 is 0 Å². The Balaban J connectivity index is 0. The molecule has 0 unspecified atom stereocenters. The second kappa shape index (κ2) is 10.3. The number of nitrogens with one attached hydrogen (secondary N) is 1. The minimum absolute atomic E-state index is 0.333. The van der Waals surface area contributed by atoms with Crippen molar-refractivity contribution < 1.29 is 0 Å². The van der Waals surface area contributed by atoms with Crippen LogP contribution in [0.2, 0.25) is 0 Å². The van der Waals surface area contributed by atoms with Crippen LogP contribution in [0.15, 0.2) is 0 Å². The third-order valence-corrected chi connectivity index (χ3v) is 0.558. The standard InChI is InChI=1S/C4H11N.CH5N3/c1-2-3-4-5;2-1(3)4/h2-5H2,1H3;(H5,2,3,4). The van der Waals surface area contributed by atoms with Crippen molar-refractivity contribution in [3.8, 4) is 0 Å². The van der Waals surface area contributed by atoms with Gasteiger partial charge in [-0.3, -0.25) is 5.41 Å². The molecular formula is C5H16N4. The Labute approximate surface area is 55.9 Å². The molecule has 0 spiro atoms. The molecule has 9 heavy (non-hydrogen) atoms. The SMILES string of the molecule is CCCCN.N=C(N)N. The quantitative estimate of drug-likeness (QED) is 0.303. The first-order valence-corrected chi connectivity index (χ1v) is 2.94. The first-order chi connectivity index (χ1) is 4.15. The number of hydrogen-bond acceptors (Lipinski definition) is 2. The van der Waals surface area contributed by atoms with Crippen LogP contribution in [-0.4, -0.2) is 12.5 Å². The Morgan fingerprint density at radius 1 is 1.44 bits per heavy atom. The average molecular weight is 132 g/mol. The van der Waals surface area contributed by atoms with E-state index in [4.69, 9.17) is 11.1 Å². The molecule has 0 amide bonds. The van der Waals surface area contributed by atoms with Crippen molar-refractivity contribution in [2.24, 2.45) is 17.2 Å². The maximum absolute atomic E-state index is 6.06. The van der Waals surface area contributed by atoms with E-state index in [1.54, 1.807) is 0 Å². The number of hydrogen-bond donors (Lipinski definition) is 4. The number of guanidine groups is 1. The number of rotatable bonds is 2. The van der Waals surface area contributed by atoms with Gasteiger partial charge in [-0.05, 0) is 13.0 Å². The van der Waals surface area contributed by atoms with E-state index in [-0.39, 0.29) is 5.96 Å². The third kappa shape index (κ3) is 131. The zero-order chi connectivity index (χ0) is 7.70. The van der Waals surface area contributed by atoms with Crippen LogP contribution in [0.25, 0.3) is 0 Å². The minimum atomic E-state index is -0.333. The fraction of sp³-hybridized carbons (Fsp3) is 0.800. The predicted molar refractivity (Wildman–Crippen MR) is 40.1 cm³/mol. The second-order valence-corrected chi connectivity index (χ2v) is 1.60. The molecule has 0 aromatic carbocycles. The van der Waals surface area contributed by atoms with Crippen molar-refractivity contribution in [1.82, 2.24) is 0 Å². The predicted octanol–water partition coefficient (Wildman–Crippen LogP) is -0.416. The molecule has 56 valence electrons. The van der Waals surface area contributed by atoms with Gasteiger partial charge in [-0.1, -0.05) is 13.3 Å². The van der Waals surface area contributed by atoms with E-state index in [0.29, 0.717) is 0 Å². The Hall–Kier alpha value is -0.770. The van der Waals surface area contributed by atoms with E-state index in [9.17, 15) is 0 Å². The van der Waals surface area contributed by atoms with Crippen molar-refractivity contribution in [3.05, 3.63) is 0 Å². The van der Waals surface area contributed by atoms with Crippen molar-refractivity contribution in [3.63, 3.8) is 0 Å². The lowest BCUT2D eigenvalue weighted by Gasteiger charge is -1.80. The van der Waals surface area contributed by atoms with Crippen LogP contribution in [0.4, 0.5) is 0 Å². The molecule has 0 aliphatic rings. The fourth-order valence-corrected chi connectivity index (χ4v) is 0.204. The fourth-order valence-electron chi connectivity index (χ4n) is 0.204. The number of unbranched alkanes of at least 4 members (excludes halogenated alkanes) is 1. The van der Waals surface area contributed by atoms with Gasteiger partial charge in [-0.2, -0.15) is 0 Å². The lowest BCUT2D eigenvalue weighted by Crippen LogP contribution is -2.20. The van der Waals surface area contributed by atoms with Gasteiger partial charge < -0.3 is 17.2 Å². The van der Waals surface area contributed by atoms with Gasteiger partial charge in [0, 0.05) is 0 Å². The molecule has 0 rings (SSSR count). The van der Waals surface area contributed by atoms with Crippen molar-refractivity contribution in [2.45, 2.75) is 19.8 Å². The molecule has 0 radical (unpaired) electrons. The van der Waals surface area contributed by atoms with Gasteiger partial charge in [0.05, 0.1) is 0 Å². The Kier molecular flexibility index (Phi) is 12.6. The summed E-state index contributed by atoms with van der Waals surface area (Å²) < 4.78 is 0. The van der Waals surface area contributed by atoms with Gasteiger partial charge in [-0.15, -0.1) is 0 Å². The highest BCUT2D eigenvalue weighted by molar-refractivity contribution is 5.71. The highest BCUT2D eigenvalue weighted by Gasteiger charge is 1.67. The van der Waals surface area contributed by atoms with Gasteiger partial charge in [0.1, 0.15) is 0 Å². The summed E-state index contributed by atoms with van der Waals surface area (Å²) in [6.45, 7) is 2.98. The summed E-state index contributed by atoms with van der Waals surface area (Å²) in [7, 11) is 0. The van der Waals surface area contributed by atoms with Gasteiger partial charge in [-0.25, -0.2) is 0 Å². The molecule has 4 heteroatoms. The van der Waals surface area contributed by atoms with E-state index in [1.807, 2.05) is 0 Å². The van der Waals surface area contributed by atoms with E-state index in [2.05, 4.69) is 18.4 Å². The Morgan fingerprint density at radius 3 is 1.78 bits per heavy atom. The zero-order valence-corrected chi connectivity index (χ0v) is 5.85. The molecule has 0 bridgehead atoms. The van der Waals surface area contributed by atoms with Crippen LogP contribution in [-0.2, 0) is 0 Å². The smallest absolute Gasteiger partial charge is 0.183 e. The van der Waals surface area contributed by atoms with E-state index in [1.165, 1.54) is 12.8 Å². The molecule has 4 nitrogen and oxygen atoms in total. The van der Waals surface area contributed by atoms with Gasteiger partial charge in [0.25, 0.3) is 0 Å². The molecule has 0 saturated heterocycles. The van der Waals surface area contributed by atoms with Crippen LogP contribution in [0.5, 0.6) is 0 Å². The highest BCUT2D eigenvalue weighted by Crippen LogP contribution is 1.77. The van der Waals surface area contributed by atoms with Crippen molar-refractivity contribution >= 4 is 5.96 Å². The highest BCUT2D eigenvalue weighted by atomic mass is 14.9. The second-order valence-electron chi connectivity index (χ2n) is 1.60. The topological polar surface area (TPSA) is 102 Å². The molecule has 0 aromatic heterocycles. The van der Waals surface area contributed by atoms with Crippen molar-refractivity contribution in [1.29, 1.82) is 5.41 Å². The summed E-state index contributed by atoms with van der Waals surface area (Å²) in [4.78, 5) is 0. The maximum atomic E-state index is 6.06. The van der Waals surface area contributed by atoms with Crippen LogP contribution >= 0.6 is 0 Å². The Morgan fingerprint density at radius 2 is 1.78 bits per heavy atom. The summed E-state index contributed by atoms with van der Waals surface area (Å²) in [5, 5.41) is 6.06. The first-order valence-electron chi connectivity index (χ1n) is 2.94. The van der Waals surface area contributed by atoms with E-state index >= 15 is 0 Å². The maximum Gasteiger partial charge on any atom is 0.183 e. The Bertz CT molecular complexity index is 56.0.